The van der Waals surface area contributed by atoms with Crippen molar-refractivity contribution in [3.05, 3.63) is 66.2 Å². The number of hydrogen-bond acceptors (Lipinski definition) is 2. The molecule has 0 radical (unpaired) electrons. The molecule has 2 aromatic rings. The van der Waals surface area contributed by atoms with Crippen molar-refractivity contribution in [2.75, 3.05) is 11.5 Å². The molecule has 0 bridgehead atoms. The van der Waals surface area contributed by atoms with Gasteiger partial charge >= 0.3 is 0 Å². The molecule has 20 heavy (non-hydrogen) atoms. The Balaban J connectivity index is 1.95. The molecule has 0 aromatic heterocycles. The van der Waals surface area contributed by atoms with Gasteiger partial charge in [0.25, 0.3) is 5.91 Å². The van der Waals surface area contributed by atoms with Crippen LogP contribution < -0.4 is 4.90 Å². The van der Waals surface area contributed by atoms with Crippen LogP contribution in [0.25, 0.3) is 0 Å². The fraction of sp³-hybridized carbons (Fsp3) is 0.235. The zero-order chi connectivity index (χ0) is 13.9. The largest absolute Gasteiger partial charge is 0.366 e. The van der Waals surface area contributed by atoms with Gasteiger partial charge in [-0.1, -0.05) is 48.5 Å². The Kier molecular flexibility index (Phi) is 3.52. The van der Waals surface area contributed by atoms with E-state index in [1.165, 1.54) is 0 Å². The second-order valence-electron chi connectivity index (χ2n) is 4.78. The first-order valence-electron chi connectivity index (χ1n) is 6.87. The molecule has 1 fully saturated rings. The second kappa shape index (κ2) is 5.47. The van der Waals surface area contributed by atoms with Gasteiger partial charge in [-0.25, -0.2) is 0 Å². The molecule has 2 atom stereocenters. The lowest BCUT2D eigenvalue weighted by atomic mass is 9.90. The number of amides is 1. The first-order chi connectivity index (χ1) is 9.83. The lowest BCUT2D eigenvalue weighted by molar-refractivity contribution is -0.142. The number of nitrogens with zero attached hydrogens (tertiary/aromatic N) is 1. The van der Waals surface area contributed by atoms with Crippen molar-refractivity contribution >= 4 is 11.6 Å². The van der Waals surface area contributed by atoms with Crippen molar-refractivity contribution < 1.29 is 9.53 Å². The van der Waals surface area contributed by atoms with E-state index in [9.17, 15) is 4.79 Å². The monoisotopic (exact) mass is 267 g/mol. The van der Waals surface area contributed by atoms with Gasteiger partial charge in [0.1, 0.15) is 0 Å². The first kappa shape index (κ1) is 12.9. The number of anilines is 1. The Morgan fingerprint density at radius 3 is 2.20 bits per heavy atom. The number of para-hydroxylation sites is 1. The zero-order valence-electron chi connectivity index (χ0n) is 11.4. The van der Waals surface area contributed by atoms with E-state index in [0.717, 1.165) is 11.3 Å². The molecule has 3 rings (SSSR count). The summed E-state index contributed by atoms with van der Waals surface area (Å²) in [5.74, 6) is 0.0342. The Morgan fingerprint density at radius 2 is 1.60 bits per heavy atom. The lowest BCUT2D eigenvalue weighted by Crippen LogP contribution is -2.60. The van der Waals surface area contributed by atoms with Crippen molar-refractivity contribution in [1.82, 2.24) is 0 Å². The summed E-state index contributed by atoms with van der Waals surface area (Å²) in [5.41, 5.74) is 2.02. The summed E-state index contributed by atoms with van der Waals surface area (Å²) in [6.07, 6.45) is -0.373. The molecule has 0 saturated carbocycles. The molecule has 102 valence electrons. The maximum Gasteiger partial charge on any atom is 0.259 e. The van der Waals surface area contributed by atoms with Crippen LogP contribution in [0.1, 0.15) is 18.5 Å². The van der Waals surface area contributed by atoms with Crippen LogP contribution in [0, 0.1) is 0 Å². The number of ether oxygens (including phenoxy) is 1. The molecule has 2 aromatic carbocycles. The van der Waals surface area contributed by atoms with Crippen LogP contribution in [-0.4, -0.2) is 18.6 Å². The van der Waals surface area contributed by atoms with Crippen LogP contribution in [0.4, 0.5) is 5.69 Å². The van der Waals surface area contributed by atoms with Crippen molar-refractivity contribution in [3.8, 4) is 0 Å². The summed E-state index contributed by atoms with van der Waals surface area (Å²) in [4.78, 5) is 14.2. The Bertz CT molecular complexity index is 582. The van der Waals surface area contributed by atoms with Gasteiger partial charge in [-0.2, -0.15) is 0 Å². The van der Waals surface area contributed by atoms with E-state index in [1.807, 2.05) is 72.5 Å². The van der Waals surface area contributed by atoms with Gasteiger partial charge < -0.3 is 4.74 Å². The number of β-lactam (4-membered cyclic amide) rings is 1. The first-order valence-corrected chi connectivity index (χ1v) is 6.87. The van der Waals surface area contributed by atoms with Gasteiger partial charge in [0.05, 0.1) is 6.04 Å². The SMILES string of the molecule is CCO[C@H]1C(=O)N(c2ccccc2)[C@@H]1c1ccccc1. The minimum absolute atomic E-state index is 0.0342. The Morgan fingerprint density at radius 1 is 1.00 bits per heavy atom. The van der Waals surface area contributed by atoms with E-state index in [-0.39, 0.29) is 18.1 Å². The topological polar surface area (TPSA) is 29.5 Å². The summed E-state index contributed by atoms with van der Waals surface area (Å²) < 4.78 is 5.62. The van der Waals surface area contributed by atoms with Crippen molar-refractivity contribution in [1.29, 1.82) is 0 Å². The van der Waals surface area contributed by atoms with Gasteiger partial charge in [0.2, 0.25) is 0 Å². The number of rotatable bonds is 4. The zero-order valence-corrected chi connectivity index (χ0v) is 11.4. The molecule has 0 unspecified atom stereocenters. The van der Waals surface area contributed by atoms with Crippen LogP contribution in [0.15, 0.2) is 60.7 Å². The minimum Gasteiger partial charge on any atom is -0.366 e. The molecule has 1 amide bonds. The van der Waals surface area contributed by atoms with Crippen LogP contribution in [0.2, 0.25) is 0 Å². The molecule has 3 heteroatoms. The molecular weight excluding hydrogens is 250 g/mol. The maximum atomic E-state index is 12.3. The molecule has 0 aliphatic carbocycles. The third-order valence-corrected chi connectivity index (χ3v) is 3.57. The van der Waals surface area contributed by atoms with E-state index >= 15 is 0 Å². The van der Waals surface area contributed by atoms with Gasteiger partial charge in [-0.05, 0) is 24.6 Å². The van der Waals surface area contributed by atoms with Crippen molar-refractivity contribution in [2.45, 2.75) is 19.1 Å². The van der Waals surface area contributed by atoms with E-state index in [2.05, 4.69) is 0 Å². The van der Waals surface area contributed by atoms with Crippen LogP contribution in [0.5, 0.6) is 0 Å². The highest BCUT2D eigenvalue weighted by molar-refractivity contribution is 6.05. The number of carbonyl (C=O) groups is 1. The average Bonchev–Trinajstić information content (AvgIpc) is 2.51. The average molecular weight is 267 g/mol. The van der Waals surface area contributed by atoms with Crippen LogP contribution in [0.3, 0.4) is 0 Å². The predicted molar refractivity (Wildman–Crippen MR) is 78.5 cm³/mol. The quantitative estimate of drug-likeness (QED) is 0.796. The molecule has 0 spiro atoms. The van der Waals surface area contributed by atoms with Crippen LogP contribution in [-0.2, 0) is 9.53 Å². The normalized spacial score (nSPS) is 21.6. The number of carbonyl (C=O) groups excluding carboxylic acids is 1. The van der Waals surface area contributed by atoms with E-state index in [4.69, 9.17) is 4.74 Å². The van der Waals surface area contributed by atoms with Gasteiger partial charge in [0, 0.05) is 12.3 Å². The smallest absolute Gasteiger partial charge is 0.259 e. The minimum atomic E-state index is -0.373. The third kappa shape index (κ3) is 2.10. The highest BCUT2D eigenvalue weighted by Crippen LogP contribution is 2.40. The van der Waals surface area contributed by atoms with E-state index in [0.29, 0.717) is 6.61 Å². The predicted octanol–water partition coefficient (Wildman–Crippen LogP) is 3.18. The van der Waals surface area contributed by atoms with Gasteiger partial charge in [-0.3, -0.25) is 9.69 Å². The Hall–Kier alpha value is -2.13. The van der Waals surface area contributed by atoms with Crippen molar-refractivity contribution in [2.24, 2.45) is 0 Å². The molecule has 1 saturated heterocycles. The highest BCUT2D eigenvalue weighted by atomic mass is 16.5. The maximum absolute atomic E-state index is 12.3. The lowest BCUT2D eigenvalue weighted by Gasteiger charge is -2.46. The van der Waals surface area contributed by atoms with Gasteiger partial charge in [0.15, 0.2) is 6.10 Å². The summed E-state index contributed by atoms with van der Waals surface area (Å²) >= 11 is 0. The van der Waals surface area contributed by atoms with Crippen LogP contribution >= 0.6 is 0 Å². The van der Waals surface area contributed by atoms with Gasteiger partial charge in [-0.15, -0.1) is 0 Å². The molecule has 0 N–H and O–H groups in total. The fourth-order valence-electron chi connectivity index (χ4n) is 2.65. The fourth-order valence-corrected chi connectivity index (χ4v) is 2.65. The third-order valence-electron chi connectivity index (χ3n) is 3.57. The Labute approximate surface area is 118 Å². The highest BCUT2D eigenvalue weighted by Gasteiger charge is 2.49. The standard InChI is InChI=1S/C17H17NO2/c1-2-20-16-15(13-9-5-3-6-10-13)18(17(16)19)14-11-7-4-8-12-14/h3-12,15-16H,2H2,1H3/t15-,16-/m1/s1. The molecule has 1 aliphatic rings. The number of hydrogen-bond donors (Lipinski definition) is 0. The number of benzene rings is 2. The van der Waals surface area contributed by atoms with Crippen molar-refractivity contribution in [3.63, 3.8) is 0 Å². The summed E-state index contributed by atoms with van der Waals surface area (Å²) in [6, 6.07) is 19.7. The molecule has 1 heterocycles. The second-order valence-corrected chi connectivity index (χ2v) is 4.78. The summed E-state index contributed by atoms with van der Waals surface area (Å²) in [7, 11) is 0. The molecule has 3 nitrogen and oxygen atoms in total. The molecule has 1 aliphatic heterocycles. The van der Waals surface area contributed by atoms with E-state index in [1.54, 1.807) is 0 Å². The summed E-state index contributed by atoms with van der Waals surface area (Å²) in [5, 5.41) is 0. The molecular formula is C17H17NO2. The summed E-state index contributed by atoms with van der Waals surface area (Å²) in [6.45, 7) is 2.46. The van der Waals surface area contributed by atoms with E-state index < -0.39 is 0 Å².